The van der Waals surface area contributed by atoms with E-state index in [0.717, 1.165) is 18.3 Å². The molecule has 3 rings (SSSR count). The van der Waals surface area contributed by atoms with Crippen LogP contribution in [-0.4, -0.2) is 32.2 Å². The zero-order chi connectivity index (χ0) is 11.8. The van der Waals surface area contributed by atoms with E-state index in [1.807, 2.05) is 0 Å². The maximum atomic E-state index is 11.0. The van der Waals surface area contributed by atoms with Gasteiger partial charge in [0.15, 0.2) is 5.65 Å². The number of rotatable bonds is 4. The Hall–Kier alpha value is -2.11. The number of aromatic carboxylic acids is 1. The van der Waals surface area contributed by atoms with Crippen molar-refractivity contribution in [3.8, 4) is 0 Å². The minimum atomic E-state index is -0.989. The molecular formula is C11H12N4O2. The first-order chi connectivity index (χ1) is 8.25. The van der Waals surface area contributed by atoms with Crippen LogP contribution in [0.5, 0.6) is 0 Å². The monoisotopic (exact) mass is 232 g/mol. The maximum Gasteiger partial charge on any atom is 0.339 e. The first kappa shape index (κ1) is 10.1. The molecule has 0 radical (unpaired) electrons. The molecule has 0 bridgehead atoms. The van der Waals surface area contributed by atoms with Crippen molar-refractivity contribution in [3.63, 3.8) is 0 Å². The van der Waals surface area contributed by atoms with E-state index < -0.39 is 5.97 Å². The fraction of sp³-hybridized carbons (Fsp3) is 0.364. The van der Waals surface area contributed by atoms with Gasteiger partial charge in [-0.3, -0.25) is 0 Å². The van der Waals surface area contributed by atoms with Crippen molar-refractivity contribution in [2.45, 2.75) is 12.8 Å². The first-order valence-electron chi connectivity index (χ1n) is 5.55. The van der Waals surface area contributed by atoms with Gasteiger partial charge in [-0.2, -0.15) is 9.61 Å². The molecule has 6 heteroatoms. The summed E-state index contributed by atoms with van der Waals surface area (Å²) < 4.78 is 1.53. The summed E-state index contributed by atoms with van der Waals surface area (Å²) in [4.78, 5) is 15.1. The molecule has 1 fully saturated rings. The highest BCUT2D eigenvalue weighted by Gasteiger charge is 2.21. The molecule has 0 amide bonds. The largest absolute Gasteiger partial charge is 0.478 e. The summed E-state index contributed by atoms with van der Waals surface area (Å²) in [7, 11) is 0. The number of carbonyl (C=O) groups is 1. The van der Waals surface area contributed by atoms with Gasteiger partial charge in [0.2, 0.25) is 0 Å². The second kappa shape index (κ2) is 3.73. The van der Waals surface area contributed by atoms with E-state index in [4.69, 9.17) is 5.11 Å². The summed E-state index contributed by atoms with van der Waals surface area (Å²) in [6.45, 7) is 0.896. The van der Waals surface area contributed by atoms with Crippen molar-refractivity contribution >= 4 is 17.4 Å². The molecule has 0 unspecified atom stereocenters. The summed E-state index contributed by atoms with van der Waals surface area (Å²) in [5.74, 6) is 0.495. The average Bonchev–Trinajstić information content (AvgIpc) is 3.06. The molecule has 2 N–H and O–H groups in total. The second-order valence-electron chi connectivity index (χ2n) is 4.25. The molecule has 0 spiro atoms. The Morgan fingerprint density at radius 1 is 1.59 bits per heavy atom. The molecule has 1 aliphatic carbocycles. The number of nitrogens with one attached hydrogen (secondary N) is 1. The van der Waals surface area contributed by atoms with Crippen LogP contribution < -0.4 is 5.32 Å². The predicted molar refractivity (Wildman–Crippen MR) is 61.2 cm³/mol. The highest BCUT2D eigenvalue weighted by molar-refractivity contribution is 5.94. The van der Waals surface area contributed by atoms with Crippen molar-refractivity contribution in [1.82, 2.24) is 14.6 Å². The van der Waals surface area contributed by atoms with Crippen LogP contribution in [0.4, 0.5) is 5.82 Å². The lowest BCUT2D eigenvalue weighted by Gasteiger charge is -2.04. The third kappa shape index (κ3) is 1.82. The van der Waals surface area contributed by atoms with Crippen molar-refractivity contribution in [3.05, 3.63) is 24.0 Å². The van der Waals surface area contributed by atoms with Gasteiger partial charge in [-0.05, 0) is 24.8 Å². The molecule has 2 heterocycles. The average molecular weight is 232 g/mol. The lowest BCUT2D eigenvalue weighted by atomic mass is 10.3. The zero-order valence-electron chi connectivity index (χ0n) is 9.13. The van der Waals surface area contributed by atoms with Crippen LogP contribution in [0.2, 0.25) is 0 Å². The van der Waals surface area contributed by atoms with Crippen molar-refractivity contribution in [2.24, 2.45) is 5.92 Å². The lowest BCUT2D eigenvalue weighted by molar-refractivity contribution is 0.0698. The topological polar surface area (TPSA) is 79.5 Å². The highest BCUT2D eigenvalue weighted by Crippen LogP contribution is 2.29. The van der Waals surface area contributed by atoms with Gasteiger partial charge in [0.1, 0.15) is 11.4 Å². The Morgan fingerprint density at radius 2 is 2.41 bits per heavy atom. The van der Waals surface area contributed by atoms with Gasteiger partial charge < -0.3 is 10.4 Å². The van der Waals surface area contributed by atoms with Crippen LogP contribution in [0.1, 0.15) is 23.2 Å². The quantitative estimate of drug-likeness (QED) is 0.829. The summed E-state index contributed by atoms with van der Waals surface area (Å²) in [5.41, 5.74) is 0.540. The molecule has 2 aromatic heterocycles. The molecule has 0 atom stereocenters. The van der Waals surface area contributed by atoms with Gasteiger partial charge >= 0.3 is 5.97 Å². The Labute approximate surface area is 97.3 Å². The Bertz CT molecular complexity index is 574. The van der Waals surface area contributed by atoms with Crippen molar-refractivity contribution in [1.29, 1.82) is 0 Å². The number of anilines is 1. The van der Waals surface area contributed by atoms with Crippen LogP contribution in [0.25, 0.3) is 5.65 Å². The van der Waals surface area contributed by atoms with Crippen molar-refractivity contribution < 1.29 is 9.90 Å². The smallest absolute Gasteiger partial charge is 0.339 e. The number of hydrogen-bond acceptors (Lipinski definition) is 4. The van der Waals surface area contributed by atoms with Crippen LogP contribution in [0.3, 0.4) is 0 Å². The standard InChI is InChI=1S/C11H12N4O2/c16-11(17)8-3-4-14-15-9(6-13-10(8)15)12-5-7-1-2-7/h3-4,6-7,12H,1-2,5H2,(H,16,17). The van der Waals surface area contributed by atoms with Gasteiger partial charge in [0.25, 0.3) is 0 Å². The van der Waals surface area contributed by atoms with Crippen LogP contribution >= 0.6 is 0 Å². The zero-order valence-corrected chi connectivity index (χ0v) is 9.13. The van der Waals surface area contributed by atoms with Gasteiger partial charge in [0.05, 0.1) is 6.20 Å². The van der Waals surface area contributed by atoms with E-state index >= 15 is 0 Å². The Balaban J connectivity index is 1.96. The van der Waals surface area contributed by atoms with E-state index in [0.29, 0.717) is 5.65 Å². The first-order valence-corrected chi connectivity index (χ1v) is 5.55. The number of nitrogens with zero attached hydrogens (tertiary/aromatic N) is 3. The fourth-order valence-electron chi connectivity index (χ4n) is 1.75. The van der Waals surface area contributed by atoms with E-state index in [2.05, 4.69) is 15.4 Å². The van der Waals surface area contributed by atoms with Gasteiger partial charge in [0, 0.05) is 12.7 Å². The Kier molecular flexibility index (Phi) is 2.21. The van der Waals surface area contributed by atoms with Gasteiger partial charge in [-0.15, -0.1) is 0 Å². The van der Waals surface area contributed by atoms with Gasteiger partial charge in [-0.25, -0.2) is 9.78 Å². The van der Waals surface area contributed by atoms with E-state index in [1.54, 1.807) is 6.20 Å². The SMILES string of the molecule is O=C(O)c1ccnn2c(NCC3CC3)cnc12. The molecule has 88 valence electrons. The minimum absolute atomic E-state index is 0.166. The normalized spacial score (nSPS) is 15.1. The molecule has 17 heavy (non-hydrogen) atoms. The van der Waals surface area contributed by atoms with E-state index in [1.165, 1.54) is 29.6 Å². The molecule has 1 aliphatic rings. The highest BCUT2D eigenvalue weighted by atomic mass is 16.4. The molecule has 0 aromatic carbocycles. The molecule has 0 saturated heterocycles. The van der Waals surface area contributed by atoms with Crippen LogP contribution in [-0.2, 0) is 0 Å². The van der Waals surface area contributed by atoms with Crippen LogP contribution in [0.15, 0.2) is 18.5 Å². The number of aromatic nitrogens is 3. The number of fused-ring (bicyclic) bond motifs is 1. The minimum Gasteiger partial charge on any atom is -0.478 e. The molecule has 0 aliphatic heterocycles. The maximum absolute atomic E-state index is 11.0. The molecular weight excluding hydrogens is 220 g/mol. The second-order valence-corrected chi connectivity index (χ2v) is 4.25. The third-order valence-corrected chi connectivity index (χ3v) is 2.90. The summed E-state index contributed by atoms with van der Waals surface area (Å²) in [6, 6.07) is 1.45. The number of imidazole rings is 1. The molecule has 6 nitrogen and oxygen atoms in total. The summed E-state index contributed by atoms with van der Waals surface area (Å²) in [6.07, 6.45) is 5.62. The number of carboxylic acids is 1. The third-order valence-electron chi connectivity index (χ3n) is 2.90. The van der Waals surface area contributed by atoms with Crippen molar-refractivity contribution in [2.75, 3.05) is 11.9 Å². The molecule has 2 aromatic rings. The fourth-order valence-corrected chi connectivity index (χ4v) is 1.75. The predicted octanol–water partition coefficient (Wildman–Crippen LogP) is 1.25. The lowest BCUT2D eigenvalue weighted by Crippen LogP contribution is -2.08. The van der Waals surface area contributed by atoms with E-state index in [-0.39, 0.29) is 5.56 Å². The van der Waals surface area contributed by atoms with Crippen LogP contribution in [0, 0.1) is 5.92 Å². The summed E-state index contributed by atoms with van der Waals surface area (Å²) in [5, 5.41) is 16.4. The molecule has 1 saturated carbocycles. The summed E-state index contributed by atoms with van der Waals surface area (Å²) >= 11 is 0. The Morgan fingerprint density at radius 3 is 3.12 bits per heavy atom. The number of carboxylic acid groups (broad SMARTS) is 1. The van der Waals surface area contributed by atoms with Gasteiger partial charge in [-0.1, -0.05) is 0 Å². The van der Waals surface area contributed by atoms with E-state index in [9.17, 15) is 4.79 Å². The number of hydrogen-bond donors (Lipinski definition) is 2.